The molecule has 3 rings (SSSR count). The van der Waals surface area contributed by atoms with Gasteiger partial charge in [0.25, 0.3) is 5.91 Å². The maximum atomic E-state index is 15.8. The summed E-state index contributed by atoms with van der Waals surface area (Å²) in [5.41, 5.74) is -1.52. The molecule has 1 unspecified atom stereocenters. The van der Waals surface area contributed by atoms with E-state index in [-0.39, 0.29) is 52.8 Å². The molecular weight excluding hydrogens is 458 g/mol. The molecule has 0 aliphatic heterocycles. The number of amides is 1. The summed E-state index contributed by atoms with van der Waals surface area (Å²) < 4.78 is 35.6. The van der Waals surface area contributed by atoms with Crippen LogP contribution in [0.1, 0.15) is 60.8 Å². The molecule has 5 nitrogen and oxygen atoms in total. The Labute approximate surface area is 194 Å². The second-order valence-electron chi connectivity index (χ2n) is 8.66. The van der Waals surface area contributed by atoms with E-state index in [1.807, 2.05) is 27.0 Å². The van der Waals surface area contributed by atoms with E-state index in [1.165, 1.54) is 24.4 Å². The Kier molecular flexibility index (Phi) is 7.27. The summed E-state index contributed by atoms with van der Waals surface area (Å²) in [7, 11) is 0. The van der Waals surface area contributed by atoms with Gasteiger partial charge >= 0.3 is 0 Å². The molecule has 2 atom stereocenters. The van der Waals surface area contributed by atoms with Crippen molar-refractivity contribution in [1.29, 1.82) is 0 Å². The first-order chi connectivity index (χ1) is 14.9. The zero-order valence-corrected chi connectivity index (χ0v) is 20.0. The number of ketones is 1. The van der Waals surface area contributed by atoms with Gasteiger partial charge in [-0.2, -0.15) is 4.18 Å². The molecule has 1 heterocycles. The van der Waals surface area contributed by atoms with E-state index in [9.17, 15) is 14.0 Å². The van der Waals surface area contributed by atoms with Gasteiger partial charge in [0.2, 0.25) is 5.67 Å². The lowest BCUT2D eigenvalue weighted by Crippen LogP contribution is -2.44. The number of hydrogen-bond acceptors (Lipinski definition) is 4. The predicted molar refractivity (Wildman–Crippen MR) is 122 cm³/mol. The molecule has 0 fully saturated rings. The Morgan fingerprint density at radius 3 is 2.78 bits per heavy atom. The number of hydrogen-bond donors (Lipinski definition) is 1. The highest BCUT2D eigenvalue weighted by Gasteiger charge is 2.46. The van der Waals surface area contributed by atoms with Crippen molar-refractivity contribution in [3.05, 3.63) is 63.7 Å². The number of carbonyl (C=O) groups excluding carboxylic acids is 2. The Bertz CT molecular complexity index is 1040. The maximum absolute atomic E-state index is 15.8. The zero-order chi connectivity index (χ0) is 23.7. The van der Waals surface area contributed by atoms with Gasteiger partial charge < -0.3 is 5.32 Å². The smallest absolute Gasteiger partial charge is 0.262 e. The number of benzene rings is 1. The molecule has 1 aromatic heterocycles. The molecule has 1 aromatic carbocycles. The number of halogens is 3. The first-order valence-corrected chi connectivity index (χ1v) is 12.1. The minimum absolute atomic E-state index is 0.0255. The summed E-state index contributed by atoms with van der Waals surface area (Å²) in [6.45, 7) is 6.11. The zero-order valence-electron chi connectivity index (χ0n) is 18.4. The van der Waals surface area contributed by atoms with E-state index in [2.05, 4.69) is 10.3 Å². The molecule has 0 spiro atoms. The van der Waals surface area contributed by atoms with E-state index in [1.54, 1.807) is 0 Å². The quantitative estimate of drug-likeness (QED) is 0.599. The number of rotatable bonds is 6. The average Bonchev–Trinajstić information content (AvgIpc) is 2.73. The third kappa shape index (κ3) is 5.13. The highest BCUT2D eigenvalue weighted by Crippen LogP contribution is 2.38. The summed E-state index contributed by atoms with van der Waals surface area (Å²) in [6, 6.07) is 5.34. The van der Waals surface area contributed by atoms with Crippen molar-refractivity contribution in [2.75, 3.05) is 6.26 Å². The number of nitrogens with zero attached hydrogens (tertiary/aromatic N) is 1. The summed E-state index contributed by atoms with van der Waals surface area (Å²) in [5, 5.41) is 2.69. The van der Waals surface area contributed by atoms with Crippen LogP contribution in [0, 0.1) is 5.82 Å². The van der Waals surface area contributed by atoms with Crippen LogP contribution < -0.4 is 5.32 Å². The van der Waals surface area contributed by atoms with Crippen LogP contribution in [0.15, 0.2) is 30.5 Å². The topological polar surface area (TPSA) is 68.3 Å². The second-order valence-corrected chi connectivity index (χ2v) is 11.4. The molecule has 0 radical (unpaired) electrons. The van der Waals surface area contributed by atoms with Gasteiger partial charge in [0.15, 0.2) is 10.5 Å². The van der Waals surface area contributed by atoms with Gasteiger partial charge in [-0.05, 0) is 50.1 Å². The van der Waals surface area contributed by atoms with Crippen LogP contribution in [0.5, 0.6) is 0 Å². The summed E-state index contributed by atoms with van der Waals surface area (Å²) in [5.74, 6) is -1.71. The van der Waals surface area contributed by atoms with Crippen molar-refractivity contribution in [3.63, 3.8) is 0 Å². The molecule has 1 aliphatic rings. The third-order valence-electron chi connectivity index (χ3n) is 5.49. The fraction of sp³-hybridized carbons (Fsp3) is 0.435. The molecule has 0 saturated carbocycles. The summed E-state index contributed by atoms with van der Waals surface area (Å²) in [6.07, 6.45) is 2.96. The van der Waals surface area contributed by atoms with Crippen molar-refractivity contribution in [2.45, 2.75) is 57.2 Å². The van der Waals surface area contributed by atoms with Gasteiger partial charge in [-0.3, -0.25) is 14.6 Å². The van der Waals surface area contributed by atoms with Crippen LogP contribution in [-0.4, -0.2) is 27.7 Å². The number of aromatic nitrogens is 1. The number of fused-ring (bicyclic) bond motifs is 1. The molecule has 0 bridgehead atoms. The molecule has 172 valence electrons. The standard InChI is InChI=1S/C23H25ClF2N2O3S/c1-22(2,3)32(4)31-13-14-10-15(25)11-18(24)16(14)12-28-21(30)23(26)8-7-19(29)20-17(23)6-5-9-27-20/h5-6,9-11H,7-8,12-13H2,1-4H3/p+1/t23-,32?/m0/s1. The lowest BCUT2D eigenvalue weighted by Gasteiger charge is -2.29. The normalized spacial score (nSPS) is 19.4. The van der Waals surface area contributed by atoms with Crippen LogP contribution in [0.25, 0.3) is 0 Å². The number of alkyl halides is 1. The molecular formula is C23H26ClF2N2O3S+. The number of nitrogens with one attached hydrogen (secondary N) is 1. The first-order valence-electron chi connectivity index (χ1n) is 10.2. The van der Waals surface area contributed by atoms with Gasteiger partial charge in [0.1, 0.15) is 35.5 Å². The Balaban J connectivity index is 1.80. The van der Waals surface area contributed by atoms with Crippen molar-refractivity contribution < 1.29 is 22.6 Å². The van der Waals surface area contributed by atoms with Crippen LogP contribution in [-0.2, 0) is 39.0 Å². The van der Waals surface area contributed by atoms with Crippen molar-refractivity contribution >= 4 is 34.5 Å². The lowest BCUT2D eigenvalue weighted by atomic mass is 9.81. The summed E-state index contributed by atoms with van der Waals surface area (Å²) in [4.78, 5) is 28.9. The monoisotopic (exact) mass is 483 g/mol. The van der Waals surface area contributed by atoms with Gasteiger partial charge in [-0.1, -0.05) is 17.7 Å². The average molecular weight is 484 g/mol. The number of pyridine rings is 1. The van der Waals surface area contributed by atoms with Crippen LogP contribution in [0.3, 0.4) is 0 Å². The van der Waals surface area contributed by atoms with E-state index in [4.69, 9.17) is 15.8 Å². The molecule has 2 aromatic rings. The molecule has 9 heteroatoms. The fourth-order valence-electron chi connectivity index (χ4n) is 3.34. The minimum atomic E-state index is -2.39. The van der Waals surface area contributed by atoms with E-state index in [0.717, 1.165) is 6.07 Å². The van der Waals surface area contributed by atoms with Crippen LogP contribution in [0.4, 0.5) is 8.78 Å². The van der Waals surface area contributed by atoms with Crippen molar-refractivity contribution in [3.8, 4) is 0 Å². The molecule has 0 saturated heterocycles. The van der Waals surface area contributed by atoms with E-state index in [0.29, 0.717) is 11.1 Å². The highest BCUT2D eigenvalue weighted by molar-refractivity contribution is 7.92. The van der Waals surface area contributed by atoms with Crippen molar-refractivity contribution in [2.24, 2.45) is 0 Å². The van der Waals surface area contributed by atoms with Gasteiger partial charge in [-0.15, -0.1) is 0 Å². The predicted octanol–water partition coefficient (Wildman–Crippen LogP) is 4.81. The van der Waals surface area contributed by atoms with Gasteiger partial charge in [0, 0.05) is 36.2 Å². The van der Waals surface area contributed by atoms with Gasteiger partial charge in [-0.25, -0.2) is 8.78 Å². The van der Waals surface area contributed by atoms with E-state index >= 15 is 4.39 Å². The Morgan fingerprint density at radius 2 is 2.09 bits per heavy atom. The minimum Gasteiger partial charge on any atom is -0.349 e. The number of carbonyl (C=O) groups is 2. The summed E-state index contributed by atoms with van der Waals surface area (Å²) >= 11 is 5.84. The van der Waals surface area contributed by atoms with E-state index < -0.39 is 28.6 Å². The third-order valence-corrected chi connectivity index (χ3v) is 8.02. The SMILES string of the molecule is C[S+](OCc1cc(F)cc(Cl)c1CNC(=O)[C@]1(F)CCC(=O)c2ncccc21)C(C)(C)C. The first kappa shape index (κ1) is 24.6. The fourth-order valence-corrected chi connectivity index (χ4v) is 4.29. The number of Topliss-reactive ketones (excluding diaryl/α,β-unsaturated/α-hetero) is 1. The second kappa shape index (κ2) is 9.45. The molecule has 32 heavy (non-hydrogen) atoms. The van der Waals surface area contributed by atoms with Crippen LogP contribution >= 0.6 is 11.6 Å². The highest BCUT2D eigenvalue weighted by atomic mass is 35.5. The maximum Gasteiger partial charge on any atom is 0.262 e. The van der Waals surface area contributed by atoms with Gasteiger partial charge in [0.05, 0.1) is 0 Å². The van der Waals surface area contributed by atoms with Crippen molar-refractivity contribution in [1.82, 2.24) is 10.3 Å². The molecule has 1 amide bonds. The lowest BCUT2D eigenvalue weighted by molar-refractivity contribution is -0.134. The van der Waals surface area contributed by atoms with Crippen LogP contribution in [0.2, 0.25) is 5.02 Å². The Morgan fingerprint density at radius 1 is 1.38 bits per heavy atom. The molecule has 1 aliphatic carbocycles. The molecule has 1 N–H and O–H groups in total. The Hall–Kier alpha value is -2.03. The largest absolute Gasteiger partial charge is 0.349 e.